The van der Waals surface area contributed by atoms with E-state index in [2.05, 4.69) is 5.32 Å². The minimum Gasteiger partial charge on any atom is -0.346 e. The highest BCUT2D eigenvalue weighted by molar-refractivity contribution is 6.03. The number of benzene rings is 1. The molecule has 1 aromatic rings. The van der Waals surface area contributed by atoms with Gasteiger partial charge in [0.05, 0.1) is 6.04 Å². The molecule has 1 fully saturated rings. The van der Waals surface area contributed by atoms with E-state index in [1.165, 1.54) is 0 Å². The molecule has 72 valence electrons. The molecule has 1 aromatic carbocycles. The van der Waals surface area contributed by atoms with Gasteiger partial charge in [0.1, 0.15) is 0 Å². The van der Waals surface area contributed by atoms with Crippen LogP contribution in [0.4, 0.5) is 0 Å². The van der Waals surface area contributed by atoms with Crippen LogP contribution >= 0.6 is 0 Å². The van der Waals surface area contributed by atoms with Gasteiger partial charge >= 0.3 is 0 Å². The van der Waals surface area contributed by atoms with Crippen molar-refractivity contribution in [1.29, 1.82) is 0 Å². The zero-order chi connectivity index (χ0) is 9.97. The average Bonchev–Trinajstić information content (AvgIpc) is 2.65. The number of rotatable bonds is 2. The first kappa shape index (κ1) is 8.94. The molecule has 0 aliphatic carbocycles. The molecular formula is C11H11NO2. The Morgan fingerprint density at radius 2 is 2.00 bits per heavy atom. The van der Waals surface area contributed by atoms with E-state index in [1.807, 2.05) is 18.2 Å². The summed E-state index contributed by atoms with van der Waals surface area (Å²) in [5.74, 6) is -0.0178. The van der Waals surface area contributed by atoms with E-state index in [0.29, 0.717) is 18.4 Å². The molecule has 1 atom stereocenters. The zero-order valence-electron chi connectivity index (χ0n) is 7.69. The largest absolute Gasteiger partial charge is 0.346 e. The number of ketones is 1. The molecule has 3 heteroatoms. The first-order chi connectivity index (χ1) is 6.77. The lowest BCUT2D eigenvalue weighted by molar-refractivity contribution is -0.119. The summed E-state index contributed by atoms with van der Waals surface area (Å²) >= 11 is 0. The lowest BCUT2D eigenvalue weighted by atomic mass is 10.0. The number of Topliss-reactive ketones (excluding diaryl/α,β-unsaturated/α-hetero) is 1. The van der Waals surface area contributed by atoms with Crippen molar-refractivity contribution >= 4 is 11.7 Å². The van der Waals surface area contributed by atoms with Crippen LogP contribution in [0.2, 0.25) is 0 Å². The Hall–Kier alpha value is -1.64. The SMILES string of the molecule is O=C1CC[C@@H](C(=O)c2ccccc2)N1. The molecule has 0 radical (unpaired) electrons. The molecule has 0 unspecified atom stereocenters. The summed E-state index contributed by atoms with van der Waals surface area (Å²) in [6.07, 6.45) is 1.08. The highest BCUT2D eigenvalue weighted by Crippen LogP contribution is 2.12. The smallest absolute Gasteiger partial charge is 0.220 e. The molecule has 0 bridgehead atoms. The zero-order valence-corrected chi connectivity index (χ0v) is 7.69. The summed E-state index contributed by atoms with van der Waals surface area (Å²) in [4.78, 5) is 22.7. The van der Waals surface area contributed by atoms with Crippen LogP contribution in [-0.4, -0.2) is 17.7 Å². The van der Waals surface area contributed by atoms with Crippen molar-refractivity contribution in [3.05, 3.63) is 35.9 Å². The van der Waals surface area contributed by atoms with Gasteiger partial charge < -0.3 is 5.32 Å². The Morgan fingerprint density at radius 1 is 1.29 bits per heavy atom. The fourth-order valence-corrected chi connectivity index (χ4v) is 1.61. The van der Waals surface area contributed by atoms with Crippen molar-refractivity contribution < 1.29 is 9.59 Å². The van der Waals surface area contributed by atoms with Crippen molar-refractivity contribution in [2.45, 2.75) is 18.9 Å². The second kappa shape index (κ2) is 3.62. The van der Waals surface area contributed by atoms with Gasteiger partial charge in [-0.15, -0.1) is 0 Å². The van der Waals surface area contributed by atoms with Crippen LogP contribution in [0.1, 0.15) is 23.2 Å². The fraction of sp³-hybridized carbons (Fsp3) is 0.273. The minimum absolute atomic E-state index is 0.0106. The highest BCUT2D eigenvalue weighted by Gasteiger charge is 2.27. The molecule has 14 heavy (non-hydrogen) atoms. The third-order valence-electron chi connectivity index (χ3n) is 2.37. The number of amides is 1. The van der Waals surface area contributed by atoms with E-state index in [-0.39, 0.29) is 17.7 Å². The maximum absolute atomic E-state index is 11.8. The number of hydrogen-bond donors (Lipinski definition) is 1. The molecule has 1 amide bonds. The first-order valence-electron chi connectivity index (χ1n) is 4.66. The quantitative estimate of drug-likeness (QED) is 0.709. The molecule has 0 saturated carbocycles. The van der Waals surface area contributed by atoms with Crippen LogP contribution in [0.25, 0.3) is 0 Å². The van der Waals surface area contributed by atoms with E-state index in [1.54, 1.807) is 12.1 Å². The summed E-state index contributed by atoms with van der Waals surface area (Å²) in [5.41, 5.74) is 0.666. The van der Waals surface area contributed by atoms with Gasteiger partial charge in [-0.2, -0.15) is 0 Å². The molecule has 0 aromatic heterocycles. The molecule has 0 spiro atoms. The van der Waals surface area contributed by atoms with Crippen molar-refractivity contribution in [2.24, 2.45) is 0 Å². The summed E-state index contributed by atoms with van der Waals surface area (Å²) < 4.78 is 0. The van der Waals surface area contributed by atoms with E-state index in [9.17, 15) is 9.59 Å². The Kier molecular flexibility index (Phi) is 2.31. The topological polar surface area (TPSA) is 46.2 Å². The number of carbonyl (C=O) groups is 2. The lowest BCUT2D eigenvalue weighted by Gasteiger charge is -2.07. The van der Waals surface area contributed by atoms with E-state index >= 15 is 0 Å². The summed E-state index contributed by atoms with van der Waals surface area (Å²) in [6, 6.07) is 8.74. The maximum Gasteiger partial charge on any atom is 0.220 e. The summed E-state index contributed by atoms with van der Waals surface area (Å²) in [7, 11) is 0. The van der Waals surface area contributed by atoms with E-state index in [0.717, 1.165) is 0 Å². The molecule has 1 aliphatic heterocycles. The molecule has 1 heterocycles. The predicted molar refractivity (Wildman–Crippen MR) is 51.9 cm³/mol. The number of hydrogen-bond acceptors (Lipinski definition) is 2. The predicted octanol–water partition coefficient (Wildman–Crippen LogP) is 1.15. The Balaban J connectivity index is 2.13. The van der Waals surface area contributed by atoms with Gasteiger partial charge in [0, 0.05) is 12.0 Å². The van der Waals surface area contributed by atoms with Crippen molar-refractivity contribution in [1.82, 2.24) is 5.32 Å². The van der Waals surface area contributed by atoms with Crippen molar-refractivity contribution in [3.63, 3.8) is 0 Å². The fourth-order valence-electron chi connectivity index (χ4n) is 1.61. The van der Waals surface area contributed by atoms with Gasteiger partial charge in [-0.1, -0.05) is 30.3 Å². The van der Waals surface area contributed by atoms with Crippen LogP contribution < -0.4 is 5.32 Å². The Bertz CT molecular complexity index is 359. The van der Waals surface area contributed by atoms with Crippen molar-refractivity contribution in [2.75, 3.05) is 0 Å². The second-order valence-electron chi connectivity index (χ2n) is 3.39. The molecular weight excluding hydrogens is 178 g/mol. The Morgan fingerprint density at radius 3 is 2.57 bits per heavy atom. The summed E-state index contributed by atoms with van der Waals surface area (Å²) in [5, 5.41) is 2.66. The number of carbonyl (C=O) groups excluding carboxylic acids is 2. The standard InChI is InChI=1S/C11H11NO2/c13-10-7-6-9(12-10)11(14)8-4-2-1-3-5-8/h1-5,9H,6-7H2,(H,12,13)/t9-/m0/s1. The van der Waals surface area contributed by atoms with Gasteiger partial charge in [-0.25, -0.2) is 0 Å². The summed E-state index contributed by atoms with van der Waals surface area (Å²) in [6.45, 7) is 0. The van der Waals surface area contributed by atoms with Crippen LogP contribution in [0.3, 0.4) is 0 Å². The van der Waals surface area contributed by atoms with E-state index < -0.39 is 0 Å². The van der Waals surface area contributed by atoms with Gasteiger partial charge in [0.2, 0.25) is 5.91 Å². The van der Waals surface area contributed by atoms with Crippen LogP contribution in [-0.2, 0) is 4.79 Å². The molecule has 3 nitrogen and oxygen atoms in total. The minimum atomic E-state index is -0.315. The monoisotopic (exact) mass is 189 g/mol. The van der Waals surface area contributed by atoms with Gasteiger partial charge in [0.15, 0.2) is 5.78 Å². The molecule has 1 N–H and O–H groups in total. The highest BCUT2D eigenvalue weighted by atomic mass is 16.2. The van der Waals surface area contributed by atoms with E-state index in [4.69, 9.17) is 0 Å². The maximum atomic E-state index is 11.8. The molecule has 2 rings (SSSR count). The van der Waals surface area contributed by atoms with Gasteiger partial charge in [-0.05, 0) is 6.42 Å². The van der Waals surface area contributed by atoms with Crippen LogP contribution in [0.15, 0.2) is 30.3 Å². The second-order valence-corrected chi connectivity index (χ2v) is 3.39. The first-order valence-corrected chi connectivity index (χ1v) is 4.66. The third kappa shape index (κ3) is 1.66. The third-order valence-corrected chi connectivity index (χ3v) is 2.37. The average molecular weight is 189 g/mol. The van der Waals surface area contributed by atoms with Crippen LogP contribution in [0.5, 0.6) is 0 Å². The number of nitrogens with one attached hydrogen (secondary N) is 1. The normalized spacial score (nSPS) is 20.6. The lowest BCUT2D eigenvalue weighted by Crippen LogP contribution is -2.33. The van der Waals surface area contributed by atoms with Gasteiger partial charge in [0.25, 0.3) is 0 Å². The van der Waals surface area contributed by atoms with Crippen molar-refractivity contribution in [3.8, 4) is 0 Å². The Labute approximate surface area is 82.1 Å². The molecule has 1 saturated heterocycles. The van der Waals surface area contributed by atoms with Crippen LogP contribution in [0, 0.1) is 0 Å². The molecule has 1 aliphatic rings. The van der Waals surface area contributed by atoms with Gasteiger partial charge in [-0.3, -0.25) is 9.59 Å².